The second kappa shape index (κ2) is 13.0. The number of nitrogens with zero attached hydrogens (tertiary/aromatic N) is 1. The zero-order valence-electron chi connectivity index (χ0n) is 24.0. The number of nitrogens with one attached hydrogen (secondary N) is 2. The molecule has 3 amide bonds. The molecule has 2 aromatic rings. The molecule has 0 bridgehead atoms. The van der Waals surface area contributed by atoms with Gasteiger partial charge in [0.25, 0.3) is 0 Å². The van der Waals surface area contributed by atoms with Crippen LogP contribution in [0.3, 0.4) is 0 Å². The van der Waals surface area contributed by atoms with Crippen LogP contribution < -0.4 is 10.6 Å². The van der Waals surface area contributed by atoms with Crippen molar-refractivity contribution in [2.24, 2.45) is 5.92 Å². The van der Waals surface area contributed by atoms with Crippen molar-refractivity contribution in [3.63, 3.8) is 0 Å². The summed E-state index contributed by atoms with van der Waals surface area (Å²) in [7, 11) is 0. The van der Waals surface area contributed by atoms with Gasteiger partial charge in [-0.25, -0.2) is 9.59 Å². The lowest BCUT2D eigenvalue weighted by atomic mass is 9.71. The maximum atomic E-state index is 14.0. The van der Waals surface area contributed by atoms with E-state index < -0.39 is 41.1 Å². The Balaban J connectivity index is 1.79. The number of carboxylic acids is 1. The highest BCUT2D eigenvalue weighted by Crippen LogP contribution is 2.36. The number of amides is 3. The summed E-state index contributed by atoms with van der Waals surface area (Å²) in [5.74, 6) is -2.33. The molecule has 9 nitrogen and oxygen atoms in total. The van der Waals surface area contributed by atoms with Crippen LogP contribution in [0.2, 0.25) is 0 Å². The fourth-order valence-electron chi connectivity index (χ4n) is 4.93. The van der Waals surface area contributed by atoms with E-state index in [1.165, 1.54) is 0 Å². The van der Waals surface area contributed by atoms with Gasteiger partial charge >= 0.3 is 12.1 Å². The predicted octanol–water partition coefficient (Wildman–Crippen LogP) is 3.91. The summed E-state index contributed by atoms with van der Waals surface area (Å²) in [6, 6.07) is 16.3. The number of carboxylic acid groups (broad SMARTS) is 1. The number of carbonyl (C=O) groups excluding carboxylic acids is 3. The van der Waals surface area contributed by atoms with Crippen LogP contribution in [0.4, 0.5) is 4.79 Å². The predicted molar refractivity (Wildman–Crippen MR) is 152 cm³/mol. The fourth-order valence-corrected chi connectivity index (χ4v) is 4.93. The van der Waals surface area contributed by atoms with Crippen molar-refractivity contribution in [1.29, 1.82) is 0 Å². The first-order valence-corrected chi connectivity index (χ1v) is 13.7. The average molecular weight is 552 g/mol. The van der Waals surface area contributed by atoms with Crippen molar-refractivity contribution in [2.45, 2.75) is 77.0 Å². The number of hydrogen-bond acceptors (Lipinski definition) is 5. The molecule has 0 aromatic heterocycles. The average Bonchev–Trinajstić information content (AvgIpc) is 2.91. The maximum absolute atomic E-state index is 14.0. The fraction of sp³-hybridized carbons (Fsp3) is 0.484. The Labute approximate surface area is 236 Å². The van der Waals surface area contributed by atoms with Gasteiger partial charge in [-0.3, -0.25) is 9.59 Å². The number of aliphatic carboxylic acids is 1. The highest BCUT2D eigenvalue weighted by atomic mass is 16.6. The summed E-state index contributed by atoms with van der Waals surface area (Å²) < 4.78 is 5.52. The SMILES string of the molecule is CC(C)[C@H](NC(=O)C1(c2ccccc2)CCN(C(=O)OC(C)(C)C)CC1)C(=O)N[C@@H](Cc1ccccc1)C(=O)O. The first-order chi connectivity index (χ1) is 18.8. The Hall–Kier alpha value is -3.88. The molecule has 1 aliphatic heterocycles. The number of carbonyl (C=O) groups is 4. The number of likely N-dealkylation sites (tertiary alicyclic amines) is 1. The Morgan fingerprint density at radius 2 is 1.48 bits per heavy atom. The molecule has 1 saturated heterocycles. The van der Waals surface area contributed by atoms with Crippen molar-refractivity contribution in [1.82, 2.24) is 15.5 Å². The van der Waals surface area contributed by atoms with E-state index in [9.17, 15) is 24.3 Å². The van der Waals surface area contributed by atoms with Crippen molar-refractivity contribution in [3.8, 4) is 0 Å². The minimum atomic E-state index is -1.15. The largest absolute Gasteiger partial charge is 0.480 e. The highest BCUT2D eigenvalue weighted by Gasteiger charge is 2.45. The van der Waals surface area contributed by atoms with E-state index in [1.807, 2.05) is 69.3 Å². The molecule has 40 heavy (non-hydrogen) atoms. The van der Waals surface area contributed by atoms with Gasteiger partial charge < -0.3 is 25.4 Å². The van der Waals surface area contributed by atoms with E-state index in [-0.39, 0.29) is 18.2 Å². The molecule has 216 valence electrons. The summed E-state index contributed by atoms with van der Waals surface area (Å²) in [4.78, 5) is 53.6. The second-order valence-electron chi connectivity index (χ2n) is 11.7. The first kappa shape index (κ1) is 30.7. The molecule has 1 fully saturated rings. The molecule has 1 aliphatic rings. The lowest BCUT2D eigenvalue weighted by Crippen LogP contribution is -2.59. The van der Waals surface area contributed by atoms with Crippen LogP contribution in [0.25, 0.3) is 0 Å². The standard InChI is InChI=1S/C31H41N3O6/c1-21(2)25(26(35)32-24(27(36)37)20-22-12-8-6-9-13-22)33-28(38)31(23-14-10-7-11-15-23)16-18-34(19-17-31)29(39)40-30(3,4)5/h6-15,21,24-25H,16-20H2,1-5H3,(H,32,35)(H,33,38)(H,36,37)/t24-,25-/m0/s1. The molecule has 0 radical (unpaired) electrons. The monoisotopic (exact) mass is 551 g/mol. The van der Waals surface area contributed by atoms with E-state index in [4.69, 9.17) is 4.74 Å². The van der Waals surface area contributed by atoms with Crippen molar-refractivity contribution in [3.05, 3.63) is 71.8 Å². The van der Waals surface area contributed by atoms with Crippen molar-refractivity contribution >= 4 is 23.9 Å². The number of rotatable bonds is 9. The highest BCUT2D eigenvalue weighted by molar-refractivity contribution is 5.94. The van der Waals surface area contributed by atoms with E-state index in [0.29, 0.717) is 25.9 Å². The van der Waals surface area contributed by atoms with Crippen LogP contribution in [-0.4, -0.2) is 64.7 Å². The van der Waals surface area contributed by atoms with Gasteiger partial charge in [-0.2, -0.15) is 0 Å². The van der Waals surface area contributed by atoms with Gasteiger partial charge in [0.1, 0.15) is 17.7 Å². The Bertz CT molecular complexity index is 1170. The van der Waals surface area contributed by atoms with Gasteiger partial charge in [-0.15, -0.1) is 0 Å². The zero-order chi connectivity index (χ0) is 29.5. The van der Waals surface area contributed by atoms with Gasteiger partial charge in [0.2, 0.25) is 11.8 Å². The van der Waals surface area contributed by atoms with Crippen molar-refractivity contribution in [2.75, 3.05) is 13.1 Å². The molecule has 2 aromatic carbocycles. The summed E-state index contributed by atoms with van der Waals surface area (Å²) in [5, 5.41) is 15.3. The molecule has 3 N–H and O–H groups in total. The third kappa shape index (κ3) is 7.83. The van der Waals surface area contributed by atoms with E-state index >= 15 is 0 Å². The van der Waals surface area contributed by atoms with Crippen LogP contribution in [0.15, 0.2) is 60.7 Å². The molecule has 3 rings (SSSR count). The number of benzene rings is 2. The molecular formula is C31H41N3O6. The van der Waals surface area contributed by atoms with Gasteiger partial charge in [0.05, 0.1) is 5.41 Å². The van der Waals surface area contributed by atoms with Crippen LogP contribution in [0, 0.1) is 5.92 Å². The summed E-state index contributed by atoms with van der Waals surface area (Å²) in [6.45, 7) is 9.66. The lowest BCUT2D eigenvalue weighted by molar-refractivity contribution is -0.142. The molecule has 0 spiro atoms. The van der Waals surface area contributed by atoms with Crippen LogP contribution >= 0.6 is 0 Å². The van der Waals surface area contributed by atoms with E-state index in [0.717, 1.165) is 11.1 Å². The smallest absolute Gasteiger partial charge is 0.410 e. The third-order valence-corrected chi connectivity index (χ3v) is 7.16. The first-order valence-electron chi connectivity index (χ1n) is 13.7. The summed E-state index contributed by atoms with van der Waals surface area (Å²) in [5.41, 5.74) is -0.0234. The summed E-state index contributed by atoms with van der Waals surface area (Å²) >= 11 is 0. The molecule has 0 saturated carbocycles. The van der Waals surface area contributed by atoms with Crippen LogP contribution in [0.1, 0.15) is 58.6 Å². The van der Waals surface area contributed by atoms with Gasteiger partial charge in [-0.05, 0) is 50.7 Å². The lowest BCUT2D eigenvalue weighted by Gasteiger charge is -2.42. The molecule has 0 aliphatic carbocycles. The molecular weight excluding hydrogens is 510 g/mol. The van der Waals surface area contributed by atoms with E-state index in [2.05, 4.69) is 10.6 Å². The summed E-state index contributed by atoms with van der Waals surface area (Å²) in [6.07, 6.45) is 0.391. The number of hydrogen-bond donors (Lipinski definition) is 3. The van der Waals surface area contributed by atoms with E-state index in [1.54, 1.807) is 30.9 Å². The molecule has 0 unspecified atom stereocenters. The molecule has 9 heteroatoms. The van der Waals surface area contributed by atoms with Gasteiger partial charge in [-0.1, -0.05) is 74.5 Å². The minimum Gasteiger partial charge on any atom is -0.480 e. The maximum Gasteiger partial charge on any atom is 0.410 e. The Morgan fingerprint density at radius 3 is 1.98 bits per heavy atom. The second-order valence-corrected chi connectivity index (χ2v) is 11.7. The molecule has 2 atom stereocenters. The van der Waals surface area contributed by atoms with Crippen LogP contribution in [0.5, 0.6) is 0 Å². The van der Waals surface area contributed by atoms with Crippen molar-refractivity contribution < 1.29 is 29.0 Å². The minimum absolute atomic E-state index is 0.120. The topological polar surface area (TPSA) is 125 Å². The Morgan fingerprint density at radius 1 is 0.925 bits per heavy atom. The number of ether oxygens (including phenoxy) is 1. The van der Waals surface area contributed by atoms with Gasteiger partial charge in [0.15, 0.2) is 0 Å². The molecule has 1 heterocycles. The normalized spacial score (nSPS) is 16.5. The Kier molecular flexibility index (Phi) is 9.95. The third-order valence-electron chi connectivity index (χ3n) is 7.16. The quantitative estimate of drug-likeness (QED) is 0.434. The van der Waals surface area contributed by atoms with Gasteiger partial charge in [0, 0.05) is 19.5 Å². The zero-order valence-corrected chi connectivity index (χ0v) is 24.0. The number of piperidine rings is 1. The van der Waals surface area contributed by atoms with Crippen LogP contribution in [-0.2, 0) is 31.0 Å².